The molecule has 2 amide bonds. The van der Waals surface area contributed by atoms with Gasteiger partial charge in [-0.25, -0.2) is 0 Å². The fourth-order valence-corrected chi connectivity index (χ4v) is 2.81. The second kappa shape index (κ2) is 7.25. The molecule has 4 heteroatoms. The molecule has 1 fully saturated rings. The molecular weight excluding hydrogens is 264 g/mol. The lowest BCUT2D eigenvalue weighted by atomic mass is 9.95. The monoisotopic (exact) mass is 288 g/mol. The number of carbonyl (C=O) groups excluding carboxylic acids is 2. The molecule has 1 heterocycles. The van der Waals surface area contributed by atoms with Crippen molar-refractivity contribution in [2.45, 2.75) is 33.1 Å². The zero-order chi connectivity index (χ0) is 15.2. The molecule has 1 aliphatic rings. The minimum absolute atomic E-state index is 0.0532. The van der Waals surface area contributed by atoms with E-state index >= 15 is 0 Å². The Bertz CT molecular complexity index is 505. The van der Waals surface area contributed by atoms with Crippen LogP contribution in [-0.4, -0.2) is 36.3 Å². The molecule has 0 aliphatic carbocycles. The van der Waals surface area contributed by atoms with E-state index in [0.717, 1.165) is 19.3 Å². The van der Waals surface area contributed by atoms with Gasteiger partial charge in [0.2, 0.25) is 11.8 Å². The van der Waals surface area contributed by atoms with Gasteiger partial charge in [-0.15, -0.1) is 0 Å². The third-order valence-electron chi connectivity index (χ3n) is 4.27. The highest BCUT2D eigenvalue weighted by Crippen LogP contribution is 2.17. The van der Waals surface area contributed by atoms with Gasteiger partial charge in [-0.1, -0.05) is 24.3 Å². The van der Waals surface area contributed by atoms with E-state index in [1.165, 1.54) is 11.1 Å². The van der Waals surface area contributed by atoms with E-state index in [9.17, 15) is 9.59 Å². The van der Waals surface area contributed by atoms with Gasteiger partial charge >= 0.3 is 0 Å². The molecule has 1 saturated heterocycles. The Morgan fingerprint density at radius 2 is 1.90 bits per heavy atom. The molecule has 0 spiro atoms. The van der Waals surface area contributed by atoms with Crippen LogP contribution >= 0.6 is 0 Å². The Labute approximate surface area is 126 Å². The highest BCUT2D eigenvalue weighted by Gasteiger charge is 2.25. The van der Waals surface area contributed by atoms with Crippen molar-refractivity contribution in [2.75, 3.05) is 19.6 Å². The lowest BCUT2D eigenvalue weighted by Crippen LogP contribution is -2.42. The first-order valence-corrected chi connectivity index (χ1v) is 7.65. The molecule has 0 radical (unpaired) electrons. The Morgan fingerprint density at radius 3 is 2.52 bits per heavy atom. The fraction of sp³-hybridized carbons (Fsp3) is 0.529. The van der Waals surface area contributed by atoms with E-state index in [-0.39, 0.29) is 17.7 Å². The second-order valence-corrected chi connectivity index (χ2v) is 5.75. The summed E-state index contributed by atoms with van der Waals surface area (Å²) in [5.41, 5.74) is 2.55. The summed E-state index contributed by atoms with van der Waals surface area (Å²) in [7, 11) is 0. The molecule has 0 aromatic heterocycles. The van der Waals surface area contributed by atoms with Crippen molar-refractivity contribution >= 4 is 11.8 Å². The zero-order valence-electron chi connectivity index (χ0n) is 12.9. The maximum absolute atomic E-state index is 12.1. The van der Waals surface area contributed by atoms with Crippen molar-refractivity contribution in [3.63, 3.8) is 0 Å². The van der Waals surface area contributed by atoms with Crippen LogP contribution in [0.4, 0.5) is 0 Å². The first kappa shape index (κ1) is 15.5. The van der Waals surface area contributed by atoms with Crippen molar-refractivity contribution in [1.82, 2.24) is 10.2 Å². The molecule has 0 bridgehead atoms. The highest BCUT2D eigenvalue weighted by atomic mass is 16.2. The summed E-state index contributed by atoms with van der Waals surface area (Å²) in [6.07, 6.45) is 2.41. The van der Waals surface area contributed by atoms with E-state index in [2.05, 4.69) is 24.4 Å². The molecule has 0 unspecified atom stereocenters. The molecule has 2 rings (SSSR count). The minimum Gasteiger partial charge on any atom is -0.356 e. The summed E-state index contributed by atoms with van der Waals surface area (Å²) in [5, 5.41) is 3.03. The molecular formula is C17H24N2O2. The van der Waals surface area contributed by atoms with Crippen molar-refractivity contribution in [2.24, 2.45) is 5.92 Å². The smallest absolute Gasteiger partial charge is 0.223 e. The Balaban J connectivity index is 1.73. The van der Waals surface area contributed by atoms with E-state index in [1.807, 2.05) is 17.0 Å². The number of nitrogens with zero attached hydrogens (tertiary/aromatic N) is 1. The first-order chi connectivity index (χ1) is 10.1. The molecule has 1 N–H and O–H groups in total. The van der Waals surface area contributed by atoms with Gasteiger partial charge in [0.05, 0.1) is 0 Å². The average molecular weight is 288 g/mol. The molecule has 21 heavy (non-hydrogen) atoms. The van der Waals surface area contributed by atoms with Gasteiger partial charge in [0.15, 0.2) is 0 Å². The summed E-state index contributed by atoms with van der Waals surface area (Å²) in [5.74, 6) is 0.290. The molecule has 1 aliphatic heterocycles. The van der Waals surface area contributed by atoms with Crippen LogP contribution in [-0.2, 0) is 16.0 Å². The topological polar surface area (TPSA) is 49.4 Å². The number of rotatable bonds is 4. The number of likely N-dealkylation sites (tertiary alicyclic amines) is 1. The number of hydrogen-bond donors (Lipinski definition) is 1. The number of aryl methyl sites for hydroxylation is 1. The maximum atomic E-state index is 12.1. The van der Waals surface area contributed by atoms with E-state index in [4.69, 9.17) is 0 Å². The second-order valence-electron chi connectivity index (χ2n) is 5.75. The number of benzene rings is 1. The van der Waals surface area contributed by atoms with E-state index < -0.39 is 0 Å². The highest BCUT2D eigenvalue weighted by molar-refractivity contribution is 5.79. The summed E-state index contributed by atoms with van der Waals surface area (Å²) < 4.78 is 0. The van der Waals surface area contributed by atoms with Crippen molar-refractivity contribution in [1.29, 1.82) is 0 Å². The standard InChI is InChI=1S/C17H24N2O2/c1-13-5-3-4-6-15(13)7-10-18-17(21)16-8-11-19(12-9-16)14(2)20/h3-6,16H,7-12H2,1-2H3,(H,18,21). The van der Waals surface area contributed by atoms with E-state index in [0.29, 0.717) is 19.6 Å². The molecule has 4 nitrogen and oxygen atoms in total. The van der Waals surface area contributed by atoms with Crippen LogP contribution < -0.4 is 5.32 Å². The number of hydrogen-bond acceptors (Lipinski definition) is 2. The van der Waals surface area contributed by atoms with Crippen LogP contribution in [0.1, 0.15) is 30.9 Å². The normalized spacial score (nSPS) is 15.8. The molecule has 0 atom stereocenters. The third kappa shape index (κ3) is 4.31. The number of piperidine rings is 1. The third-order valence-corrected chi connectivity index (χ3v) is 4.27. The summed E-state index contributed by atoms with van der Waals surface area (Å²) in [4.78, 5) is 25.2. The van der Waals surface area contributed by atoms with Crippen LogP contribution in [0.15, 0.2) is 24.3 Å². The average Bonchev–Trinajstić information content (AvgIpc) is 2.49. The van der Waals surface area contributed by atoms with Crippen LogP contribution in [0.3, 0.4) is 0 Å². The lowest BCUT2D eigenvalue weighted by molar-refractivity contribution is -0.133. The van der Waals surface area contributed by atoms with Gasteiger partial charge in [0, 0.05) is 32.5 Å². The van der Waals surface area contributed by atoms with Gasteiger partial charge in [-0.2, -0.15) is 0 Å². The van der Waals surface area contributed by atoms with Gasteiger partial charge in [0.25, 0.3) is 0 Å². The van der Waals surface area contributed by atoms with Crippen molar-refractivity contribution < 1.29 is 9.59 Å². The molecule has 114 valence electrons. The van der Waals surface area contributed by atoms with E-state index in [1.54, 1.807) is 6.92 Å². The molecule has 1 aromatic carbocycles. The lowest BCUT2D eigenvalue weighted by Gasteiger charge is -2.30. The number of carbonyl (C=O) groups is 2. The molecule has 1 aromatic rings. The molecule has 0 saturated carbocycles. The number of nitrogens with one attached hydrogen (secondary N) is 1. The summed E-state index contributed by atoms with van der Waals surface area (Å²) in [6, 6.07) is 8.25. The summed E-state index contributed by atoms with van der Waals surface area (Å²) in [6.45, 7) is 5.75. The zero-order valence-corrected chi connectivity index (χ0v) is 12.9. The SMILES string of the molecule is CC(=O)N1CCC(C(=O)NCCc2ccccc2C)CC1. The summed E-state index contributed by atoms with van der Waals surface area (Å²) >= 11 is 0. The first-order valence-electron chi connectivity index (χ1n) is 7.65. The van der Waals surface area contributed by atoms with Crippen molar-refractivity contribution in [3.05, 3.63) is 35.4 Å². The van der Waals surface area contributed by atoms with Crippen LogP contribution in [0.5, 0.6) is 0 Å². The van der Waals surface area contributed by atoms with Crippen LogP contribution in [0, 0.1) is 12.8 Å². The van der Waals surface area contributed by atoms with Gasteiger partial charge in [-0.05, 0) is 37.3 Å². The Kier molecular flexibility index (Phi) is 5.37. The van der Waals surface area contributed by atoms with Crippen LogP contribution in [0.2, 0.25) is 0 Å². The van der Waals surface area contributed by atoms with Gasteiger partial charge in [0.1, 0.15) is 0 Å². The van der Waals surface area contributed by atoms with Crippen molar-refractivity contribution in [3.8, 4) is 0 Å². The fourth-order valence-electron chi connectivity index (χ4n) is 2.81. The largest absolute Gasteiger partial charge is 0.356 e. The predicted molar refractivity (Wildman–Crippen MR) is 82.9 cm³/mol. The predicted octanol–water partition coefficient (Wildman–Crippen LogP) is 1.91. The number of amides is 2. The quantitative estimate of drug-likeness (QED) is 0.920. The maximum Gasteiger partial charge on any atom is 0.223 e. The van der Waals surface area contributed by atoms with Crippen LogP contribution in [0.25, 0.3) is 0 Å². The van der Waals surface area contributed by atoms with Gasteiger partial charge < -0.3 is 10.2 Å². The Hall–Kier alpha value is -1.84. The minimum atomic E-state index is 0.0532. The Morgan fingerprint density at radius 1 is 1.24 bits per heavy atom. The van der Waals surface area contributed by atoms with Gasteiger partial charge in [-0.3, -0.25) is 9.59 Å².